The Balaban J connectivity index is 1.65. The van der Waals surface area contributed by atoms with Crippen LogP contribution in [0, 0.1) is 0 Å². The van der Waals surface area contributed by atoms with E-state index in [1.54, 1.807) is 12.1 Å². The number of rotatable bonds is 5. The van der Waals surface area contributed by atoms with E-state index in [4.69, 9.17) is 4.42 Å². The van der Waals surface area contributed by atoms with Crippen LogP contribution in [0.2, 0.25) is 0 Å². The Hall–Kier alpha value is -3.08. The van der Waals surface area contributed by atoms with Crippen molar-refractivity contribution in [2.24, 2.45) is 0 Å². The number of amides is 2. The normalized spacial score (nSPS) is 11.9. The van der Waals surface area contributed by atoms with E-state index in [1.165, 1.54) is 6.92 Å². The highest BCUT2D eigenvalue weighted by Gasteiger charge is 2.15. The molecule has 0 saturated carbocycles. The average Bonchev–Trinajstić information content (AvgIpc) is 3.04. The first kappa shape index (κ1) is 16.8. The first-order valence-electron chi connectivity index (χ1n) is 8.15. The lowest BCUT2D eigenvalue weighted by Gasteiger charge is -2.12. The third-order valence-corrected chi connectivity index (χ3v) is 3.98. The molecule has 5 heteroatoms. The lowest BCUT2D eigenvalue weighted by atomic mass is 10.1. The van der Waals surface area contributed by atoms with Gasteiger partial charge in [-0.05, 0) is 36.8 Å². The van der Waals surface area contributed by atoms with E-state index < -0.39 is 0 Å². The molecule has 0 unspecified atom stereocenters. The first-order chi connectivity index (χ1) is 12.0. The molecule has 128 valence electrons. The molecule has 0 bridgehead atoms. The number of para-hydroxylation sites is 1. The van der Waals surface area contributed by atoms with Crippen molar-refractivity contribution in [3.63, 3.8) is 0 Å². The van der Waals surface area contributed by atoms with Gasteiger partial charge in [-0.15, -0.1) is 0 Å². The van der Waals surface area contributed by atoms with Crippen LogP contribution in [0.1, 0.15) is 41.6 Å². The van der Waals surface area contributed by atoms with Gasteiger partial charge in [-0.25, -0.2) is 0 Å². The van der Waals surface area contributed by atoms with Gasteiger partial charge in [0, 0.05) is 24.4 Å². The van der Waals surface area contributed by atoms with Crippen molar-refractivity contribution in [1.29, 1.82) is 0 Å². The summed E-state index contributed by atoms with van der Waals surface area (Å²) in [7, 11) is 0. The van der Waals surface area contributed by atoms with Gasteiger partial charge in [0.2, 0.25) is 5.91 Å². The van der Waals surface area contributed by atoms with Crippen molar-refractivity contribution in [2.75, 3.05) is 0 Å². The zero-order chi connectivity index (χ0) is 17.8. The minimum Gasteiger partial charge on any atom is -0.459 e. The maximum absolute atomic E-state index is 12.4. The molecule has 2 amide bonds. The van der Waals surface area contributed by atoms with Gasteiger partial charge in [0.1, 0.15) is 11.3 Å². The summed E-state index contributed by atoms with van der Waals surface area (Å²) in [5.74, 6) is 0.470. The molecule has 1 atom stereocenters. The summed E-state index contributed by atoms with van der Waals surface area (Å²) in [5.41, 5.74) is 2.31. The topological polar surface area (TPSA) is 71.3 Å². The third-order valence-electron chi connectivity index (χ3n) is 3.98. The second-order valence-corrected chi connectivity index (χ2v) is 5.99. The zero-order valence-corrected chi connectivity index (χ0v) is 14.2. The Morgan fingerprint density at radius 3 is 2.48 bits per heavy atom. The molecule has 0 fully saturated rings. The van der Waals surface area contributed by atoms with Crippen molar-refractivity contribution in [1.82, 2.24) is 10.6 Å². The molecule has 0 radical (unpaired) electrons. The Kier molecular flexibility index (Phi) is 4.84. The Morgan fingerprint density at radius 2 is 1.80 bits per heavy atom. The number of hydrogen-bond donors (Lipinski definition) is 2. The summed E-state index contributed by atoms with van der Waals surface area (Å²) in [6.45, 7) is 3.81. The van der Waals surface area contributed by atoms with Crippen molar-refractivity contribution in [2.45, 2.75) is 26.4 Å². The van der Waals surface area contributed by atoms with Crippen LogP contribution in [-0.4, -0.2) is 11.8 Å². The fraction of sp³-hybridized carbons (Fsp3) is 0.200. The average molecular weight is 336 g/mol. The number of carbonyl (C=O) groups excluding carboxylic acids is 2. The second kappa shape index (κ2) is 7.21. The highest BCUT2D eigenvalue weighted by molar-refractivity contribution is 5.94. The molecule has 3 aromatic rings. The molecule has 0 saturated heterocycles. The number of hydrogen-bond acceptors (Lipinski definition) is 3. The summed E-state index contributed by atoms with van der Waals surface area (Å²) in [5, 5.41) is 6.68. The van der Waals surface area contributed by atoms with E-state index in [9.17, 15) is 9.59 Å². The van der Waals surface area contributed by atoms with Crippen LogP contribution >= 0.6 is 0 Å². The van der Waals surface area contributed by atoms with Crippen LogP contribution in [-0.2, 0) is 11.3 Å². The van der Waals surface area contributed by atoms with Gasteiger partial charge in [-0.2, -0.15) is 0 Å². The van der Waals surface area contributed by atoms with E-state index >= 15 is 0 Å². The number of fused-ring (bicyclic) bond motifs is 1. The molecule has 0 aliphatic heterocycles. The summed E-state index contributed by atoms with van der Waals surface area (Å²) >= 11 is 0. The number of carbonyl (C=O) groups is 2. The summed E-state index contributed by atoms with van der Waals surface area (Å²) in [6.07, 6.45) is 0. The predicted octanol–water partition coefficient (Wildman–Crippen LogP) is 3.56. The minimum absolute atomic E-state index is 0.0820. The predicted molar refractivity (Wildman–Crippen MR) is 96.1 cm³/mol. The van der Waals surface area contributed by atoms with E-state index in [1.807, 2.05) is 49.4 Å². The lowest BCUT2D eigenvalue weighted by Crippen LogP contribution is -2.26. The van der Waals surface area contributed by atoms with Gasteiger partial charge in [0.25, 0.3) is 5.91 Å². The van der Waals surface area contributed by atoms with Gasteiger partial charge >= 0.3 is 0 Å². The third kappa shape index (κ3) is 4.07. The Morgan fingerprint density at radius 1 is 1.08 bits per heavy atom. The Bertz CT molecular complexity index is 864. The molecule has 1 heterocycles. The van der Waals surface area contributed by atoms with Gasteiger partial charge < -0.3 is 15.1 Å². The van der Waals surface area contributed by atoms with Crippen molar-refractivity contribution in [3.05, 3.63) is 71.5 Å². The summed E-state index contributed by atoms with van der Waals surface area (Å²) < 4.78 is 5.79. The smallest absolute Gasteiger partial charge is 0.251 e. The quantitative estimate of drug-likeness (QED) is 0.748. The highest BCUT2D eigenvalue weighted by atomic mass is 16.3. The lowest BCUT2D eigenvalue weighted by molar-refractivity contribution is -0.119. The molecule has 1 aromatic heterocycles. The van der Waals surface area contributed by atoms with Crippen LogP contribution in [0.4, 0.5) is 0 Å². The molecule has 25 heavy (non-hydrogen) atoms. The van der Waals surface area contributed by atoms with Crippen LogP contribution in [0.5, 0.6) is 0 Å². The molecule has 0 spiro atoms. The SMILES string of the molecule is CC(=O)NCc1ccc(C(=O)N[C@@H](C)c2cc3ccccc3o2)cc1. The van der Waals surface area contributed by atoms with E-state index in [-0.39, 0.29) is 17.9 Å². The largest absolute Gasteiger partial charge is 0.459 e. The van der Waals surface area contributed by atoms with Crippen molar-refractivity contribution < 1.29 is 14.0 Å². The van der Waals surface area contributed by atoms with Crippen molar-refractivity contribution in [3.8, 4) is 0 Å². The maximum atomic E-state index is 12.4. The van der Waals surface area contributed by atoms with Crippen LogP contribution in [0.25, 0.3) is 11.0 Å². The van der Waals surface area contributed by atoms with Gasteiger partial charge in [-0.3, -0.25) is 9.59 Å². The zero-order valence-electron chi connectivity index (χ0n) is 14.2. The van der Waals surface area contributed by atoms with E-state index in [0.717, 1.165) is 22.3 Å². The molecule has 2 N–H and O–H groups in total. The number of furan rings is 1. The molecule has 3 rings (SSSR count). The standard InChI is InChI=1S/C20H20N2O3/c1-13(19-11-17-5-3-4-6-18(17)25-19)22-20(24)16-9-7-15(8-10-16)12-21-14(2)23/h3-11,13H,12H2,1-2H3,(H,21,23)(H,22,24)/t13-/m0/s1. The van der Waals surface area contributed by atoms with E-state index in [0.29, 0.717) is 12.1 Å². The van der Waals surface area contributed by atoms with Gasteiger partial charge in [0.15, 0.2) is 0 Å². The fourth-order valence-corrected chi connectivity index (χ4v) is 2.57. The van der Waals surface area contributed by atoms with Crippen molar-refractivity contribution >= 4 is 22.8 Å². The molecule has 5 nitrogen and oxygen atoms in total. The second-order valence-electron chi connectivity index (χ2n) is 5.99. The Labute approximate surface area is 146 Å². The number of benzene rings is 2. The van der Waals surface area contributed by atoms with Crippen LogP contribution in [0.15, 0.2) is 59.0 Å². The maximum Gasteiger partial charge on any atom is 0.251 e. The van der Waals surface area contributed by atoms with Crippen LogP contribution in [0.3, 0.4) is 0 Å². The molecule has 0 aliphatic carbocycles. The molecule has 0 aliphatic rings. The fourth-order valence-electron chi connectivity index (χ4n) is 2.57. The molecular weight excluding hydrogens is 316 g/mol. The summed E-state index contributed by atoms with van der Waals surface area (Å²) in [4.78, 5) is 23.3. The summed E-state index contributed by atoms with van der Waals surface area (Å²) in [6, 6.07) is 16.6. The van der Waals surface area contributed by atoms with Crippen LogP contribution < -0.4 is 10.6 Å². The van der Waals surface area contributed by atoms with Gasteiger partial charge in [0.05, 0.1) is 6.04 Å². The minimum atomic E-state index is -0.237. The number of nitrogens with one attached hydrogen (secondary N) is 2. The molecule has 2 aromatic carbocycles. The monoisotopic (exact) mass is 336 g/mol. The van der Waals surface area contributed by atoms with E-state index in [2.05, 4.69) is 10.6 Å². The van der Waals surface area contributed by atoms with Gasteiger partial charge in [-0.1, -0.05) is 30.3 Å². The molecular formula is C20H20N2O3. The highest BCUT2D eigenvalue weighted by Crippen LogP contribution is 2.23. The first-order valence-corrected chi connectivity index (χ1v) is 8.15.